The van der Waals surface area contributed by atoms with E-state index in [-0.39, 0.29) is 23.9 Å². The Morgan fingerprint density at radius 1 is 1.13 bits per heavy atom. The highest BCUT2D eigenvalue weighted by atomic mass is 16.2. The third-order valence-electron chi connectivity index (χ3n) is 6.88. The van der Waals surface area contributed by atoms with Crippen molar-refractivity contribution in [2.24, 2.45) is 5.92 Å². The molecule has 0 unspecified atom stereocenters. The Balaban J connectivity index is 1.33. The summed E-state index contributed by atoms with van der Waals surface area (Å²) < 4.78 is 3.68. The van der Waals surface area contributed by atoms with Gasteiger partial charge < -0.3 is 9.47 Å². The SMILES string of the molecule is Cc1nc(C)n(CC(=O)N2C[C@@H]3C[C@H](C2)c2ccc(CN4CCCC4)c(=O)n2C3)n1. The number of likely N-dealkylation sites (tertiary alicyclic amines) is 2. The molecular formula is C22H30N6O2. The van der Waals surface area contributed by atoms with Gasteiger partial charge in [0.2, 0.25) is 5.91 Å². The molecule has 2 fully saturated rings. The van der Waals surface area contributed by atoms with Crippen LogP contribution < -0.4 is 5.56 Å². The molecule has 0 aromatic carbocycles. The van der Waals surface area contributed by atoms with Gasteiger partial charge in [-0.05, 0) is 58.2 Å². The van der Waals surface area contributed by atoms with Crippen LogP contribution in [0, 0.1) is 19.8 Å². The van der Waals surface area contributed by atoms with Crippen molar-refractivity contribution in [2.45, 2.75) is 58.7 Å². The number of fused-ring (bicyclic) bond motifs is 4. The van der Waals surface area contributed by atoms with E-state index in [1.165, 1.54) is 12.8 Å². The van der Waals surface area contributed by atoms with Crippen LogP contribution in [0.25, 0.3) is 0 Å². The Bertz CT molecular complexity index is 1020. The number of aromatic nitrogens is 4. The average molecular weight is 411 g/mol. The highest BCUT2D eigenvalue weighted by Gasteiger charge is 2.36. The van der Waals surface area contributed by atoms with Gasteiger partial charge in [-0.2, -0.15) is 5.10 Å². The summed E-state index contributed by atoms with van der Waals surface area (Å²) in [5.41, 5.74) is 2.17. The lowest BCUT2D eigenvalue weighted by molar-refractivity contribution is -0.134. The minimum atomic E-state index is 0.0825. The van der Waals surface area contributed by atoms with Gasteiger partial charge in [0.25, 0.3) is 5.56 Å². The van der Waals surface area contributed by atoms with Gasteiger partial charge in [-0.25, -0.2) is 9.67 Å². The van der Waals surface area contributed by atoms with Crippen molar-refractivity contribution >= 4 is 5.91 Å². The molecule has 5 rings (SSSR count). The van der Waals surface area contributed by atoms with Gasteiger partial charge in [0.1, 0.15) is 18.2 Å². The van der Waals surface area contributed by atoms with E-state index in [1.54, 1.807) is 4.68 Å². The van der Waals surface area contributed by atoms with Crippen LogP contribution in [0.4, 0.5) is 0 Å². The summed E-state index contributed by atoms with van der Waals surface area (Å²) in [6.07, 6.45) is 3.51. The fraction of sp³-hybridized carbons (Fsp3) is 0.636. The molecule has 5 heterocycles. The Kier molecular flexibility index (Phi) is 4.97. The molecule has 0 N–H and O–H groups in total. The Labute approximate surface area is 176 Å². The van der Waals surface area contributed by atoms with Crippen LogP contribution in [0.1, 0.15) is 48.1 Å². The Morgan fingerprint density at radius 2 is 1.93 bits per heavy atom. The minimum absolute atomic E-state index is 0.0825. The van der Waals surface area contributed by atoms with Crippen molar-refractivity contribution in [1.82, 2.24) is 29.1 Å². The highest BCUT2D eigenvalue weighted by molar-refractivity contribution is 5.76. The monoisotopic (exact) mass is 410 g/mol. The number of nitrogens with zero attached hydrogens (tertiary/aromatic N) is 6. The van der Waals surface area contributed by atoms with E-state index >= 15 is 0 Å². The van der Waals surface area contributed by atoms with Crippen LogP contribution in [0.2, 0.25) is 0 Å². The number of aryl methyl sites for hydroxylation is 2. The van der Waals surface area contributed by atoms with Crippen LogP contribution >= 0.6 is 0 Å². The molecule has 0 aliphatic carbocycles. The molecule has 3 aliphatic heterocycles. The van der Waals surface area contributed by atoms with E-state index < -0.39 is 0 Å². The first-order valence-corrected chi connectivity index (χ1v) is 11.1. The largest absolute Gasteiger partial charge is 0.340 e. The molecule has 0 spiro atoms. The third-order valence-corrected chi connectivity index (χ3v) is 6.88. The van der Waals surface area contributed by atoms with Crippen molar-refractivity contribution in [2.75, 3.05) is 26.2 Å². The zero-order chi connectivity index (χ0) is 20.8. The quantitative estimate of drug-likeness (QED) is 0.759. The highest BCUT2D eigenvalue weighted by Crippen LogP contribution is 2.35. The third kappa shape index (κ3) is 3.57. The van der Waals surface area contributed by atoms with Crippen molar-refractivity contribution in [1.29, 1.82) is 0 Å². The summed E-state index contributed by atoms with van der Waals surface area (Å²) in [6, 6.07) is 4.15. The van der Waals surface area contributed by atoms with Gasteiger partial charge >= 0.3 is 0 Å². The van der Waals surface area contributed by atoms with Crippen LogP contribution in [0.15, 0.2) is 16.9 Å². The number of rotatable bonds is 4. The number of hydrogen-bond acceptors (Lipinski definition) is 5. The van der Waals surface area contributed by atoms with E-state index in [1.807, 2.05) is 29.4 Å². The maximum Gasteiger partial charge on any atom is 0.255 e. The summed E-state index contributed by atoms with van der Waals surface area (Å²) in [7, 11) is 0. The Morgan fingerprint density at radius 3 is 2.67 bits per heavy atom. The van der Waals surface area contributed by atoms with Crippen LogP contribution in [-0.2, 0) is 24.4 Å². The van der Waals surface area contributed by atoms with Gasteiger partial charge in [-0.3, -0.25) is 14.5 Å². The number of amides is 1. The lowest BCUT2D eigenvalue weighted by atomic mass is 9.83. The number of carbonyl (C=O) groups is 1. The standard InChI is InChI=1S/C22H30N6O2/c1-15-23-16(2)28(24-15)14-21(29)26-10-17-9-19(13-26)20-6-5-18(22(30)27(20)11-17)12-25-7-3-4-8-25/h5-6,17,19H,3-4,7-14H2,1-2H3/t17-,19+/m0/s1. The summed E-state index contributed by atoms with van der Waals surface area (Å²) >= 11 is 0. The van der Waals surface area contributed by atoms with Crippen molar-refractivity contribution in [3.63, 3.8) is 0 Å². The molecule has 2 bridgehead atoms. The van der Waals surface area contributed by atoms with Crippen molar-refractivity contribution in [3.05, 3.63) is 45.4 Å². The van der Waals surface area contributed by atoms with Gasteiger partial charge in [0.05, 0.1) is 0 Å². The fourth-order valence-electron chi connectivity index (χ4n) is 5.44. The number of carbonyl (C=O) groups excluding carboxylic acids is 1. The minimum Gasteiger partial charge on any atom is -0.340 e. The van der Waals surface area contributed by atoms with E-state index in [4.69, 9.17) is 0 Å². The maximum atomic E-state index is 13.2. The lowest BCUT2D eigenvalue weighted by Crippen LogP contribution is -2.50. The smallest absolute Gasteiger partial charge is 0.255 e. The number of hydrogen-bond donors (Lipinski definition) is 0. The maximum absolute atomic E-state index is 13.2. The average Bonchev–Trinajstić information content (AvgIpc) is 3.33. The second-order valence-corrected chi connectivity index (χ2v) is 9.14. The summed E-state index contributed by atoms with van der Waals surface area (Å²) in [5.74, 6) is 2.10. The van der Waals surface area contributed by atoms with Gasteiger partial charge in [0.15, 0.2) is 0 Å². The molecular weight excluding hydrogens is 380 g/mol. The normalized spacial score (nSPS) is 23.6. The summed E-state index contributed by atoms with van der Waals surface area (Å²) in [4.78, 5) is 34.7. The molecule has 2 saturated heterocycles. The van der Waals surface area contributed by atoms with Gasteiger partial charge in [-0.1, -0.05) is 6.07 Å². The fourth-order valence-corrected chi connectivity index (χ4v) is 5.44. The lowest BCUT2D eigenvalue weighted by Gasteiger charge is -2.43. The molecule has 2 aromatic heterocycles. The molecule has 3 aliphatic rings. The van der Waals surface area contributed by atoms with Gasteiger partial charge in [-0.15, -0.1) is 0 Å². The van der Waals surface area contributed by atoms with Crippen LogP contribution in [0.3, 0.4) is 0 Å². The molecule has 8 heteroatoms. The molecule has 0 radical (unpaired) electrons. The van der Waals surface area contributed by atoms with E-state index in [2.05, 4.69) is 21.0 Å². The predicted molar refractivity (Wildman–Crippen MR) is 112 cm³/mol. The zero-order valence-electron chi connectivity index (χ0n) is 17.9. The molecule has 30 heavy (non-hydrogen) atoms. The van der Waals surface area contributed by atoms with E-state index in [0.29, 0.717) is 31.4 Å². The first-order chi connectivity index (χ1) is 14.5. The molecule has 0 saturated carbocycles. The first kappa shape index (κ1) is 19.5. The van der Waals surface area contributed by atoms with Crippen LogP contribution in [-0.4, -0.2) is 61.2 Å². The number of piperidine rings is 1. The van der Waals surface area contributed by atoms with Crippen molar-refractivity contribution < 1.29 is 4.79 Å². The van der Waals surface area contributed by atoms with Crippen LogP contribution in [0.5, 0.6) is 0 Å². The summed E-state index contributed by atoms with van der Waals surface area (Å²) in [5, 5.41) is 4.33. The molecule has 2 atom stereocenters. The van der Waals surface area contributed by atoms with E-state index in [0.717, 1.165) is 43.1 Å². The van der Waals surface area contributed by atoms with Crippen molar-refractivity contribution in [3.8, 4) is 0 Å². The van der Waals surface area contributed by atoms with Gasteiger partial charge in [0, 0.05) is 43.4 Å². The predicted octanol–water partition coefficient (Wildman–Crippen LogP) is 1.30. The molecule has 160 valence electrons. The second kappa shape index (κ2) is 7.65. The second-order valence-electron chi connectivity index (χ2n) is 9.14. The Hall–Kier alpha value is -2.48. The zero-order valence-corrected chi connectivity index (χ0v) is 17.9. The van der Waals surface area contributed by atoms with E-state index in [9.17, 15) is 9.59 Å². The number of pyridine rings is 1. The topological polar surface area (TPSA) is 76.3 Å². The molecule has 1 amide bonds. The molecule has 8 nitrogen and oxygen atoms in total. The summed E-state index contributed by atoms with van der Waals surface area (Å²) in [6.45, 7) is 8.99. The molecule has 2 aromatic rings. The first-order valence-electron chi connectivity index (χ1n) is 11.1.